The SMILES string of the molecule is CN(C)CCC[C@H]1C(=O)N(Cc2ccccc2F)C[C@@H]2N(C(=O)OCc3cc(F)cc(C(F)(F)F)c3)CCC(=O)N21. The van der Waals surface area contributed by atoms with Crippen LogP contribution in [-0.4, -0.2) is 83.4 Å². The summed E-state index contributed by atoms with van der Waals surface area (Å²) in [4.78, 5) is 45.8. The number of benzene rings is 2. The predicted molar refractivity (Wildman–Crippen MR) is 137 cm³/mol. The highest BCUT2D eigenvalue weighted by molar-refractivity contribution is 5.90. The standard InChI is InChI=1S/C28H31F5N4O4/c1-34(2)10-5-8-23-26(39)35(15-19-6-3-4-7-22(19)30)16-24-36(11-9-25(38)37(23)24)27(40)41-17-18-12-20(28(31,32)33)14-21(29)13-18/h3-4,6-7,12-14,23-24H,5,8-11,15-17H2,1-2H3/t23-,24+/m0/s1. The molecule has 2 atom stereocenters. The molecule has 0 unspecified atom stereocenters. The lowest BCUT2D eigenvalue weighted by Gasteiger charge is -2.52. The first-order valence-corrected chi connectivity index (χ1v) is 13.1. The smallest absolute Gasteiger partial charge is 0.416 e. The van der Waals surface area contributed by atoms with Crippen LogP contribution in [0.15, 0.2) is 42.5 Å². The summed E-state index contributed by atoms with van der Waals surface area (Å²) in [6.45, 7) is -0.247. The zero-order valence-electron chi connectivity index (χ0n) is 22.7. The summed E-state index contributed by atoms with van der Waals surface area (Å²) >= 11 is 0. The quantitative estimate of drug-likeness (QED) is 0.436. The molecule has 2 fully saturated rings. The molecule has 0 radical (unpaired) electrons. The lowest BCUT2D eigenvalue weighted by atomic mass is 9.99. The van der Waals surface area contributed by atoms with E-state index >= 15 is 0 Å². The number of piperazine rings is 1. The largest absolute Gasteiger partial charge is 0.444 e. The number of fused-ring (bicyclic) bond motifs is 1. The van der Waals surface area contributed by atoms with Crippen LogP contribution >= 0.6 is 0 Å². The van der Waals surface area contributed by atoms with E-state index in [0.717, 1.165) is 6.07 Å². The minimum atomic E-state index is -4.79. The highest BCUT2D eigenvalue weighted by Gasteiger charge is 2.49. The second-order valence-corrected chi connectivity index (χ2v) is 10.4. The average molecular weight is 583 g/mol. The van der Waals surface area contributed by atoms with E-state index in [4.69, 9.17) is 4.74 Å². The van der Waals surface area contributed by atoms with Gasteiger partial charge in [0.15, 0.2) is 0 Å². The summed E-state index contributed by atoms with van der Waals surface area (Å²) in [5.74, 6) is -2.33. The first-order valence-electron chi connectivity index (χ1n) is 13.1. The summed E-state index contributed by atoms with van der Waals surface area (Å²) in [6, 6.07) is 6.95. The number of hydrogen-bond donors (Lipinski definition) is 0. The molecule has 2 aromatic rings. The molecule has 2 saturated heterocycles. The maximum atomic E-state index is 14.5. The van der Waals surface area contributed by atoms with Gasteiger partial charge in [0.05, 0.1) is 12.1 Å². The third-order valence-corrected chi connectivity index (χ3v) is 7.14. The molecule has 2 aromatic carbocycles. The molecule has 3 amide bonds. The van der Waals surface area contributed by atoms with Crippen molar-refractivity contribution in [2.75, 3.05) is 33.7 Å². The second kappa shape index (κ2) is 12.4. The average Bonchev–Trinajstić information content (AvgIpc) is 2.89. The number of carbonyl (C=O) groups is 3. The Bertz CT molecular complexity index is 1290. The van der Waals surface area contributed by atoms with Gasteiger partial charge in [0.2, 0.25) is 11.8 Å². The summed E-state index contributed by atoms with van der Waals surface area (Å²) < 4.78 is 72.9. The van der Waals surface area contributed by atoms with E-state index in [1.54, 1.807) is 12.1 Å². The number of ether oxygens (including phenoxy) is 1. The molecule has 0 aliphatic carbocycles. The van der Waals surface area contributed by atoms with Crippen LogP contribution in [0.25, 0.3) is 0 Å². The molecule has 41 heavy (non-hydrogen) atoms. The Morgan fingerprint density at radius 2 is 1.83 bits per heavy atom. The molecule has 0 spiro atoms. The molecular weight excluding hydrogens is 551 g/mol. The molecule has 2 heterocycles. The van der Waals surface area contributed by atoms with Crippen LogP contribution in [0, 0.1) is 11.6 Å². The third kappa shape index (κ3) is 7.13. The number of amides is 3. The first-order chi connectivity index (χ1) is 19.3. The molecule has 0 bridgehead atoms. The summed E-state index contributed by atoms with van der Waals surface area (Å²) in [5.41, 5.74) is -1.14. The van der Waals surface area contributed by atoms with Crippen LogP contribution in [0.2, 0.25) is 0 Å². The highest BCUT2D eigenvalue weighted by Crippen LogP contribution is 2.32. The summed E-state index contributed by atoms with van der Waals surface area (Å²) in [5, 5.41) is 0. The van der Waals surface area contributed by atoms with Crippen molar-refractivity contribution in [3.05, 3.63) is 70.8 Å². The Labute approximate surface area is 234 Å². The van der Waals surface area contributed by atoms with Gasteiger partial charge in [-0.1, -0.05) is 18.2 Å². The van der Waals surface area contributed by atoms with Crippen molar-refractivity contribution in [2.45, 2.75) is 50.8 Å². The second-order valence-electron chi connectivity index (χ2n) is 10.4. The van der Waals surface area contributed by atoms with E-state index in [9.17, 15) is 36.3 Å². The molecule has 8 nitrogen and oxygen atoms in total. The lowest BCUT2D eigenvalue weighted by Crippen LogP contribution is -2.71. The molecule has 0 N–H and O–H groups in total. The molecule has 222 valence electrons. The third-order valence-electron chi connectivity index (χ3n) is 7.14. The van der Waals surface area contributed by atoms with Crippen LogP contribution < -0.4 is 0 Å². The molecule has 13 heteroatoms. The van der Waals surface area contributed by atoms with Gasteiger partial charge in [-0.25, -0.2) is 13.6 Å². The molecule has 4 rings (SSSR count). The number of halogens is 5. The van der Waals surface area contributed by atoms with Crippen molar-refractivity contribution < 1.29 is 41.1 Å². The van der Waals surface area contributed by atoms with Crippen LogP contribution in [0.4, 0.5) is 26.7 Å². The van der Waals surface area contributed by atoms with Crippen molar-refractivity contribution in [3.63, 3.8) is 0 Å². The Hall–Kier alpha value is -3.74. The monoisotopic (exact) mass is 582 g/mol. The number of hydrogen-bond acceptors (Lipinski definition) is 5. The van der Waals surface area contributed by atoms with Gasteiger partial charge >= 0.3 is 12.3 Å². The fourth-order valence-corrected chi connectivity index (χ4v) is 5.17. The predicted octanol–water partition coefficient (Wildman–Crippen LogP) is 4.23. The van der Waals surface area contributed by atoms with Crippen LogP contribution in [0.1, 0.15) is 36.0 Å². The van der Waals surface area contributed by atoms with Crippen LogP contribution in [0.5, 0.6) is 0 Å². The van der Waals surface area contributed by atoms with Gasteiger partial charge in [-0.2, -0.15) is 13.2 Å². The Kier molecular flexibility index (Phi) is 9.15. The van der Waals surface area contributed by atoms with E-state index in [0.29, 0.717) is 31.5 Å². The minimum Gasteiger partial charge on any atom is -0.444 e. The van der Waals surface area contributed by atoms with E-state index in [-0.39, 0.29) is 49.0 Å². The number of carbonyl (C=O) groups excluding carboxylic acids is 3. The molecule has 0 saturated carbocycles. The maximum absolute atomic E-state index is 14.5. The van der Waals surface area contributed by atoms with Gasteiger partial charge in [0, 0.05) is 25.1 Å². The summed E-state index contributed by atoms with van der Waals surface area (Å²) in [7, 11) is 3.74. The van der Waals surface area contributed by atoms with Crippen LogP contribution in [-0.2, 0) is 33.7 Å². The maximum Gasteiger partial charge on any atom is 0.416 e. The Balaban J connectivity index is 1.57. The van der Waals surface area contributed by atoms with E-state index in [2.05, 4.69) is 0 Å². The highest BCUT2D eigenvalue weighted by atomic mass is 19.4. The van der Waals surface area contributed by atoms with E-state index in [1.165, 1.54) is 26.8 Å². The summed E-state index contributed by atoms with van der Waals surface area (Å²) in [6.07, 6.45) is -5.87. The Morgan fingerprint density at radius 3 is 2.51 bits per heavy atom. The zero-order valence-corrected chi connectivity index (χ0v) is 22.7. The van der Waals surface area contributed by atoms with Crippen molar-refractivity contribution in [1.82, 2.24) is 19.6 Å². The van der Waals surface area contributed by atoms with Crippen molar-refractivity contribution in [2.24, 2.45) is 0 Å². The topological polar surface area (TPSA) is 73.4 Å². The van der Waals surface area contributed by atoms with Crippen molar-refractivity contribution >= 4 is 17.9 Å². The van der Waals surface area contributed by atoms with Crippen molar-refractivity contribution in [1.29, 1.82) is 0 Å². The zero-order chi connectivity index (χ0) is 29.9. The Morgan fingerprint density at radius 1 is 1.10 bits per heavy atom. The number of alkyl halides is 3. The number of nitrogens with zero attached hydrogens (tertiary/aromatic N) is 4. The van der Waals surface area contributed by atoms with E-state index < -0.39 is 48.3 Å². The normalized spacial score (nSPS) is 19.6. The van der Waals surface area contributed by atoms with Gasteiger partial charge in [-0.15, -0.1) is 0 Å². The first kappa shape index (κ1) is 30.2. The molecule has 2 aliphatic heterocycles. The van der Waals surface area contributed by atoms with Gasteiger partial charge in [0.25, 0.3) is 0 Å². The van der Waals surface area contributed by atoms with Crippen LogP contribution in [0.3, 0.4) is 0 Å². The minimum absolute atomic E-state index is 0.0536. The van der Waals surface area contributed by atoms with E-state index in [1.807, 2.05) is 19.0 Å². The fourth-order valence-electron chi connectivity index (χ4n) is 5.17. The van der Waals surface area contributed by atoms with Gasteiger partial charge in [-0.3, -0.25) is 14.5 Å². The van der Waals surface area contributed by atoms with Gasteiger partial charge in [0.1, 0.15) is 30.4 Å². The van der Waals surface area contributed by atoms with Crippen molar-refractivity contribution in [3.8, 4) is 0 Å². The molecule has 2 aliphatic rings. The number of rotatable bonds is 8. The van der Waals surface area contributed by atoms with Gasteiger partial charge < -0.3 is 19.4 Å². The fraction of sp³-hybridized carbons (Fsp3) is 0.464. The lowest BCUT2D eigenvalue weighted by molar-refractivity contribution is -0.169. The molecular formula is C28H31F5N4O4. The van der Waals surface area contributed by atoms with Gasteiger partial charge in [-0.05, 0) is 63.3 Å². The molecule has 0 aromatic heterocycles.